The van der Waals surface area contributed by atoms with Crippen LogP contribution in [0.3, 0.4) is 0 Å². The molecule has 2 aromatic rings. The third-order valence-electron chi connectivity index (χ3n) is 7.89. The Labute approximate surface area is 229 Å². The summed E-state index contributed by atoms with van der Waals surface area (Å²) in [5.41, 5.74) is 3.57. The number of halogens is 1. The van der Waals surface area contributed by atoms with Crippen LogP contribution in [-0.4, -0.2) is 42.1 Å². The Balaban J connectivity index is 0.000000360. The van der Waals surface area contributed by atoms with E-state index in [0.29, 0.717) is 28.8 Å². The van der Waals surface area contributed by atoms with Gasteiger partial charge in [0.2, 0.25) is 0 Å². The monoisotopic (exact) mass is 524 g/mol. The number of nitrogens with one attached hydrogen (secondary N) is 2. The minimum atomic E-state index is -0.0956. The molecular weight excluding hydrogens is 475 g/mol. The van der Waals surface area contributed by atoms with Crippen LogP contribution in [0, 0.1) is 11.7 Å². The number of aldehydes is 1. The van der Waals surface area contributed by atoms with Gasteiger partial charge in [-0.15, -0.1) is 0 Å². The van der Waals surface area contributed by atoms with Crippen LogP contribution in [0.2, 0.25) is 0 Å². The molecule has 1 aromatic heterocycles. The number of H-pyrrole nitrogens is 1. The summed E-state index contributed by atoms with van der Waals surface area (Å²) in [6, 6.07) is 4.02. The van der Waals surface area contributed by atoms with Gasteiger partial charge in [-0.1, -0.05) is 77.7 Å². The Kier molecular flexibility index (Phi) is 14.2. The van der Waals surface area contributed by atoms with E-state index in [1.165, 1.54) is 44.9 Å². The lowest BCUT2D eigenvalue weighted by Gasteiger charge is -2.24. The van der Waals surface area contributed by atoms with Gasteiger partial charge in [0, 0.05) is 24.3 Å². The number of aromatic amines is 1. The van der Waals surface area contributed by atoms with Crippen molar-refractivity contribution in [2.75, 3.05) is 20.1 Å². The molecule has 1 unspecified atom stereocenters. The van der Waals surface area contributed by atoms with Crippen molar-refractivity contribution >= 4 is 23.0 Å². The van der Waals surface area contributed by atoms with Crippen molar-refractivity contribution in [3.8, 4) is 0 Å². The van der Waals surface area contributed by atoms with Crippen molar-refractivity contribution in [2.45, 2.75) is 97.3 Å². The van der Waals surface area contributed by atoms with Crippen LogP contribution in [0.25, 0.3) is 11.0 Å². The zero-order valence-corrected chi connectivity index (χ0v) is 24.3. The number of carbonyl (C=O) groups is 1. The number of rotatable bonds is 6. The first-order valence-corrected chi connectivity index (χ1v) is 14.6. The van der Waals surface area contributed by atoms with Crippen LogP contribution in [0.1, 0.15) is 109 Å². The fourth-order valence-electron chi connectivity index (χ4n) is 5.45. The number of nitrogens with zero attached hydrogens (tertiary/aromatic N) is 2. The lowest BCUT2D eigenvalue weighted by molar-refractivity contribution is -0.104. The zero-order valence-electron chi connectivity index (χ0n) is 24.3. The topological polar surface area (TPSA) is 70.1 Å². The van der Waals surface area contributed by atoms with E-state index in [0.717, 1.165) is 54.8 Å². The number of hydrogen-bond acceptors (Lipinski definition) is 4. The molecule has 0 bridgehead atoms. The van der Waals surface area contributed by atoms with Crippen molar-refractivity contribution in [3.05, 3.63) is 53.6 Å². The maximum Gasteiger partial charge on any atom is 0.154 e. The van der Waals surface area contributed by atoms with Crippen molar-refractivity contribution in [3.63, 3.8) is 0 Å². The molecule has 4 rings (SSSR count). The van der Waals surface area contributed by atoms with E-state index >= 15 is 4.39 Å². The molecule has 0 amide bonds. The molecule has 1 aromatic carbocycles. The van der Waals surface area contributed by atoms with Crippen LogP contribution in [0.4, 0.5) is 4.39 Å². The number of fused-ring (bicyclic) bond motifs is 1. The quantitative estimate of drug-likeness (QED) is 0.174. The standard InChI is InChI=1S/C22H32FN3.C8H11NO.C2H6/c1-15(16-7-5-3-2-4-6-8-16)22-25-19-10-9-18(20(23)21(19)26-22)17-11-13-24-14-12-17;1-4-5-8(6-10)7(2)9-3;1-2/h9-10,15-17,24H,2-8,11-14H2,1H3,(H,25,26);4-6H,1H2,2-3H3;1-2H3/b;8-5-,9-7?;. The minimum absolute atomic E-state index is 0.0956. The van der Waals surface area contributed by atoms with Gasteiger partial charge in [-0.2, -0.15) is 0 Å². The first-order chi connectivity index (χ1) is 18.5. The van der Waals surface area contributed by atoms with E-state index in [4.69, 9.17) is 4.98 Å². The maximum absolute atomic E-state index is 15.2. The van der Waals surface area contributed by atoms with Crippen molar-refractivity contribution in [1.29, 1.82) is 0 Å². The molecule has 2 fully saturated rings. The van der Waals surface area contributed by atoms with Crippen LogP contribution in [0.5, 0.6) is 0 Å². The smallest absolute Gasteiger partial charge is 0.154 e. The summed E-state index contributed by atoms with van der Waals surface area (Å²) in [6.45, 7) is 13.5. The summed E-state index contributed by atoms with van der Waals surface area (Å²) in [5, 5.41) is 3.36. The molecule has 6 heteroatoms. The molecule has 1 aliphatic heterocycles. The number of allylic oxidation sites excluding steroid dienone is 3. The number of carbonyl (C=O) groups excluding carboxylic acids is 1. The first-order valence-electron chi connectivity index (χ1n) is 14.6. The van der Waals surface area contributed by atoms with E-state index in [2.05, 4.69) is 28.8 Å². The molecule has 5 nitrogen and oxygen atoms in total. The molecule has 1 saturated carbocycles. The van der Waals surface area contributed by atoms with Gasteiger partial charge in [-0.05, 0) is 69.2 Å². The molecule has 2 heterocycles. The molecule has 210 valence electrons. The Bertz CT molecular complexity index is 1060. The second kappa shape index (κ2) is 17.1. The van der Waals surface area contributed by atoms with E-state index in [1.807, 2.05) is 26.0 Å². The highest BCUT2D eigenvalue weighted by Gasteiger charge is 2.25. The lowest BCUT2D eigenvalue weighted by Crippen LogP contribution is -2.27. The van der Waals surface area contributed by atoms with E-state index < -0.39 is 0 Å². The third-order valence-corrected chi connectivity index (χ3v) is 7.89. The number of hydrogen-bond donors (Lipinski definition) is 2. The normalized spacial score (nSPS) is 18.8. The van der Waals surface area contributed by atoms with Crippen molar-refractivity contribution in [2.24, 2.45) is 10.9 Å². The van der Waals surface area contributed by atoms with E-state index in [9.17, 15) is 4.79 Å². The van der Waals surface area contributed by atoms with Crippen LogP contribution >= 0.6 is 0 Å². The zero-order chi connectivity index (χ0) is 27.9. The lowest BCUT2D eigenvalue weighted by atomic mass is 9.82. The Morgan fingerprint density at radius 3 is 2.32 bits per heavy atom. The highest BCUT2D eigenvalue weighted by molar-refractivity contribution is 6.13. The third kappa shape index (κ3) is 8.72. The molecule has 1 aliphatic carbocycles. The Morgan fingerprint density at radius 2 is 1.74 bits per heavy atom. The number of imidazole rings is 1. The summed E-state index contributed by atoms with van der Waals surface area (Å²) in [6.07, 6.45) is 15.3. The summed E-state index contributed by atoms with van der Waals surface area (Å²) in [7, 11) is 1.65. The van der Waals surface area contributed by atoms with Crippen molar-refractivity contribution in [1.82, 2.24) is 15.3 Å². The molecule has 2 N–H and O–H groups in total. The SMILES string of the molecule is C=C/C=C(/C=O)C(C)=NC.CC.CC(c1nc2c(F)c(C3CCNCC3)ccc2[nH]1)C1CCCCCCC1. The predicted octanol–water partition coefficient (Wildman–Crippen LogP) is 8.05. The average Bonchev–Trinajstić information content (AvgIpc) is 3.38. The van der Waals surface area contributed by atoms with Gasteiger partial charge in [0.1, 0.15) is 11.3 Å². The molecule has 1 atom stereocenters. The fourth-order valence-corrected chi connectivity index (χ4v) is 5.45. The molecular formula is C32H49FN4O. The average molecular weight is 525 g/mol. The van der Waals surface area contributed by atoms with Crippen LogP contribution in [0.15, 0.2) is 41.4 Å². The summed E-state index contributed by atoms with van der Waals surface area (Å²) in [5.74, 6) is 2.25. The summed E-state index contributed by atoms with van der Waals surface area (Å²) >= 11 is 0. The van der Waals surface area contributed by atoms with Gasteiger partial charge < -0.3 is 10.3 Å². The second-order valence-electron chi connectivity index (χ2n) is 10.2. The molecule has 0 radical (unpaired) electrons. The predicted molar refractivity (Wildman–Crippen MR) is 160 cm³/mol. The van der Waals surface area contributed by atoms with E-state index in [1.54, 1.807) is 26.1 Å². The molecule has 0 spiro atoms. The molecule has 2 aliphatic rings. The Morgan fingerprint density at radius 1 is 1.11 bits per heavy atom. The van der Waals surface area contributed by atoms with Crippen molar-refractivity contribution < 1.29 is 9.18 Å². The molecule has 1 saturated heterocycles. The van der Waals surface area contributed by atoms with Crippen LogP contribution < -0.4 is 5.32 Å². The largest absolute Gasteiger partial charge is 0.342 e. The Hall–Kier alpha value is -2.60. The number of aliphatic imine (C=N–C) groups is 1. The first kappa shape index (κ1) is 31.6. The molecule has 38 heavy (non-hydrogen) atoms. The summed E-state index contributed by atoms with van der Waals surface area (Å²) < 4.78 is 15.2. The highest BCUT2D eigenvalue weighted by atomic mass is 19.1. The second-order valence-corrected chi connectivity index (χ2v) is 10.2. The van der Waals surface area contributed by atoms with Gasteiger partial charge in [-0.3, -0.25) is 9.79 Å². The number of aromatic nitrogens is 2. The van der Waals surface area contributed by atoms with Gasteiger partial charge in [0.15, 0.2) is 12.1 Å². The van der Waals surface area contributed by atoms with Gasteiger partial charge in [0.05, 0.1) is 5.52 Å². The van der Waals surface area contributed by atoms with Crippen LogP contribution in [-0.2, 0) is 4.79 Å². The number of benzene rings is 1. The maximum atomic E-state index is 15.2. The number of piperidine rings is 1. The van der Waals surface area contributed by atoms with Gasteiger partial charge in [0.25, 0.3) is 0 Å². The van der Waals surface area contributed by atoms with Gasteiger partial charge >= 0.3 is 0 Å². The minimum Gasteiger partial charge on any atom is -0.342 e. The fraction of sp³-hybridized carbons (Fsp3) is 0.594. The highest BCUT2D eigenvalue weighted by Crippen LogP contribution is 2.35. The van der Waals surface area contributed by atoms with E-state index in [-0.39, 0.29) is 5.82 Å². The van der Waals surface area contributed by atoms with Gasteiger partial charge in [-0.25, -0.2) is 9.37 Å². The summed E-state index contributed by atoms with van der Waals surface area (Å²) in [4.78, 5) is 22.3.